The minimum absolute atomic E-state index is 0.193. The van der Waals surface area contributed by atoms with Gasteiger partial charge >= 0.3 is 0 Å². The van der Waals surface area contributed by atoms with E-state index in [2.05, 4.69) is 13.8 Å². The highest BCUT2D eigenvalue weighted by Crippen LogP contribution is 2.12. The second-order valence-corrected chi connectivity index (χ2v) is 5.31. The zero-order valence-electron chi connectivity index (χ0n) is 12.0. The molecule has 1 unspecified atom stereocenters. The molecule has 4 heteroatoms. The minimum Gasteiger partial charge on any atom is -0.463 e. The van der Waals surface area contributed by atoms with Gasteiger partial charge in [-0.3, -0.25) is 4.79 Å². The van der Waals surface area contributed by atoms with Gasteiger partial charge in [0, 0.05) is 13.1 Å². The van der Waals surface area contributed by atoms with Crippen LogP contribution in [0, 0.1) is 5.92 Å². The maximum absolute atomic E-state index is 12.4. The van der Waals surface area contributed by atoms with Crippen molar-refractivity contribution in [3.63, 3.8) is 0 Å². The van der Waals surface area contributed by atoms with Crippen LogP contribution < -0.4 is 4.90 Å². The first-order valence-corrected chi connectivity index (χ1v) is 7.39. The molecule has 2 heterocycles. The summed E-state index contributed by atoms with van der Waals surface area (Å²) in [4.78, 5) is 15.8. The third-order valence-corrected chi connectivity index (χ3v) is 4.05. The summed E-state index contributed by atoms with van der Waals surface area (Å²) in [5.41, 5.74) is 0. The molecule has 4 nitrogen and oxygen atoms in total. The number of furan rings is 1. The van der Waals surface area contributed by atoms with Gasteiger partial charge in [0.25, 0.3) is 0 Å². The molecule has 1 aromatic heterocycles. The molecule has 1 fully saturated rings. The Morgan fingerprint density at radius 1 is 1.47 bits per heavy atom. The van der Waals surface area contributed by atoms with Gasteiger partial charge in [-0.1, -0.05) is 0 Å². The number of hydrogen-bond donors (Lipinski definition) is 1. The molecule has 1 saturated heterocycles. The highest BCUT2D eigenvalue weighted by molar-refractivity contribution is 5.78. The fourth-order valence-electron chi connectivity index (χ4n) is 2.98. The van der Waals surface area contributed by atoms with E-state index in [1.165, 1.54) is 4.90 Å². The first kappa shape index (κ1) is 14.1. The first-order chi connectivity index (χ1) is 9.24. The first-order valence-electron chi connectivity index (χ1n) is 7.39. The number of likely N-dealkylation sites (tertiary alicyclic amines) is 1. The molecule has 0 aromatic carbocycles. The summed E-state index contributed by atoms with van der Waals surface area (Å²) in [7, 11) is 0. The molecule has 0 radical (unpaired) electrons. The van der Waals surface area contributed by atoms with Crippen LogP contribution in [0.5, 0.6) is 0 Å². The number of rotatable bonds is 5. The Bertz CT molecular complexity index is 385. The summed E-state index contributed by atoms with van der Waals surface area (Å²) in [6.07, 6.45) is 3.89. The maximum Gasteiger partial charge on any atom is 0.231 e. The summed E-state index contributed by atoms with van der Waals surface area (Å²) >= 11 is 0. The molecule has 1 N–H and O–H groups in total. The quantitative estimate of drug-likeness (QED) is 0.860. The number of hydrogen-bond acceptors (Lipinski definition) is 2. The van der Waals surface area contributed by atoms with Crippen LogP contribution in [0.25, 0.3) is 0 Å². The number of carbonyl (C=O) groups excluding carboxylic acids is 1. The van der Waals surface area contributed by atoms with Crippen molar-refractivity contribution in [3.05, 3.63) is 24.2 Å². The van der Waals surface area contributed by atoms with Gasteiger partial charge in [0.15, 0.2) is 5.76 Å². The molecule has 0 bridgehead atoms. The van der Waals surface area contributed by atoms with Gasteiger partial charge in [0.05, 0.1) is 25.3 Å². The van der Waals surface area contributed by atoms with Crippen molar-refractivity contribution >= 4 is 5.91 Å². The van der Waals surface area contributed by atoms with Crippen molar-refractivity contribution < 1.29 is 14.1 Å². The summed E-state index contributed by atoms with van der Waals surface area (Å²) in [6.45, 7) is 8.72. The molecule has 0 aliphatic carbocycles. The van der Waals surface area contributed by atoms with Crippen molar-refractivity contribution in [2.75, 3.05) is 26.2 Å². The van der Waals surface area contributed by atoms with Crippen molar-refractivity contribution in [2.45, 2.75) is 33.2 Å². The van der Waals surface area contributed by atoms with Crippen molar-refractivity contribution in [2.24, 2.45) is 5.92 Å². The van der Waals surface area contributed by atoms with Gasteiger partial charge in [-0.05, 0) is 38.8 Å². The van der Waals surface area contributed by atoms with Crippen LogP contribution >= 0.6 is 0 Å². The molecule has 0 spiro atoms. The predicted octanol–water partition coefficient (Wildman–Crippen LogP) is 0.943. The van der Waals surface area contributed by atoms with Gasteiger partial charge < -0.3 is 14.2 Å². The topological polar surface area (TPSA) is 37.9 Å². The van der Waals surface area contributed by atoms with E-state index in [4.69, 9.17) is 4.42 Å². The predicted molar refractivity (Wildman–Crippen MR) is 73.8 cm³/mol. The Hall–Kier alpha value is -1.29. The third-order valence-electron chi connectivity index (χ3n) is 4.05. The highest BCUT2D eigenvalue weighted by Gasteiger charge is 2.31. The molecule has 1 amide bonds. The summed E-state index contributed by atoms with van der Waals surface area (Å²) in [6, 6.07) is 3.94. The standard InChI is InChI=1S/C15H24N2O2/c1-3-17(4-2)15(18)13-7-5-9-16(11-13)12-14-8-6-10-19-14/h6,8,10,13H,3-5,7,9,11-12H2,1-2H3/p+1/t13-/m1/s1. The smallest absolute Gasteiger partial charge is 0.231 e. The average molecular weight is 265 g/mol. The second-order valence-electron chi connectivity index (χ2n) is 5.31. The lowest BCUT2D eigenvalue weighted by atomic mass is 9.96. The van der Waals surface area contributed by atoms with E-state index in [1.807, 2.05) is 17.0 Å². The van der Waals surface area contributed by atoms with Gasteiger partial charge in [-0.2, -0.15) is 0 Å². The van der Waals surface area contributed by atoms with Crippen LogP contribution in [0.4, 0.5) is 0 Å². The van der Waals surface area contributed by atoms with Crippen LogP contribution in [0.1, 0.15) is 32.4 Å². The van der Waals surface area contributed by atoms with E-state index in [9.17, 15) is 4.79 Å². The lowest BCUT2D eigenvalue weighted by Crippen LogP contribution is -3.12. The number of amides is 1. The van der Waals surface area contributed by atoms with Gasteiger partial charge in [-0.25, -0.2) is 0 Å². The van der Waals surface area contributed by atoms with E-state index in [-0.39, 0.29) is 5.92 Å². The van der Waals surface area contributed by atoms with Gasteiger partial charge in [0.1, 0.15) is 6.54 Å². The van der Waals surface area contributed by atoms with E-state index < -0.39 is 0 Å². The third kappa shape index (κ3) is 3.60. The molecule has 19 heavy (non-hydrogen) atoms. The average Bonchev–Trinajstić information content (AvgIpc) is 2.93. The largest absolute Gasteiger partial charge is 0.463 e. The zero-order valence-corrected chi connectivity index (χ0v) is 12.0. The highest BCUT2D eigenvalue weighted by atomic mass is 16.3. The van der Waals surface area contributed by atoms with Crippen molar-refractivity contribution in [1.82, 2.24) is 4.90 Å². The van der Waals surface area contributed by atoms with Gasteiger partial charge in [0.2, 0.25) is 5.91 Å². The number of carbonyl (C=O) groups is 1. The number of piperidine rings is 1. The molecule has 1 aliphatic rings. The van der Waals surface area contributed by atoms with Crippen LogP contribution in [0.3, 0.4) is 0 Å². The van der Waals surface area contributed by atoms with E-state index in [0.29, 0.717) is 5.91 Å². The second kappa shape index (κ2) is 6.75. The van der Waals surface area contributed by atoms with Crippen molar-refractivity contribution in [3.8, 4) is 0 Å². The lowest BCUT2D eigenvalue weighted by molar-refractivity contribution is -0.922. The minimum atomic E-state index is 0.193. The van der Waals surface area contributed by atoms with Crippen LogP contribution in [0.15, 0.2) is 22.8 Å². The SMILES string of the molecule is CCN(CC)C(=O)[C@@H]1CCC[NH+](Cc2ccco2)C1. The number of nitrogens with one attached hydrogen (secondary N) is 1. The summed E-state index contributed by atoms with van der Waals surface area (Å²) < 4.78 is 5.41. The molecule has 106 valence electrons. The Kier molecular flexibility index (Phi) is 5.02. The van der Waals surface area contributed by atoms with Crippen LogP contribution in [0.2, 0.25) is 0 Å². The Morgan fingerprint density at radius 2 is 2.26 bits per heavy atom. The Morgan fingerprint density at radius 3 is 2.89 bits per heavy atom. The molecular weight excluding hydrogens is 240 g/mol. The molecule has 0 saturated carbocycles. The Labute approximate surface area is 115 Å². The fourth-order valence-corrected chi connectivity index (χ4v) is 2.98. The normalized spacial score (nSPS) is 23.3. The molecule has 1 aromatic rings. The maximum atomic E-state index is 12.4. The molecule has 2 rings (SSSR count). The van der Waals surface area contributed by atoms with E-state index >= 15 is 0 Å². The zero-order chi connectivity index (χ0) is 13.7. The van der Waals surface area contributed by atoms with E-state index in [1.54, 1.807) is 6.26 Å². The van der Waals surface area contributed by atoms with Crippen molar-refractivity contribution in [1.29, 1.82) is 0 Å². The molecular formula is C15H25N2O2+. The van der Waals surface area contributed by atoms with Gasteiger partial charge in [-0.15, -0.1) is 0 Å². The summed E-state index contributed by atoms with van der Waals surface area (Å²) in [5.74, 6) is 1.55. The lowest BCUT2D eigenvalue weighted by Gasteiger charge is -2.31. The van der Waals surface area contributed by atoms with E-state index in [0.717, 1.165) is 51.3 Å². The Balaban J connectivity index is 1.91. The molecule has 1 aliphatic heterocycles. The molecule has 2 atom stereocenters. The summed E-state index contributed by atoms with van der Waals surface area (Å²) in [5, 5.41) is 0. The van der Waals surface area contributed by atoms with Crippen LogP contribution in [-0.4, -0.2) is 37.0 Å². The number of nitrogens with zero attached hydrogens (tertiary/aromatic N) is 1. The monoisotopic (exact) mass is 265 g/mol. The van der Waals surface area contributed by atoms with Crippen LogP contribution in [-0.2, 0) is 11.3 Å². The number of quaternary nitrogens is 1. The fraction of sp³-hybridized carbons (Fsp3) is 0.667.